The van der Waals surface area contributed by atoms with Crippen LogP contribution in [0.4, 0.5) is 5.69 Å². The molecule has 2 heterocycles. The number of oxazole rings is 1. The number of anilines is 1. The van der Waals surface area contributed by atoms with Crippen LogP contribution in [0.2, 0.25) is 10.0 Å². The van der Waals surface area contributed by atoms with Crippen LogP contribution in [0.15, 0.2) is 87.7 Å². The van der Waals surface area contributed by atoms with E-state index in [1.165, 1.54) is 6.08 Å². The second-order valence-corrected chi connectivity index (χ2v) is 8.43. The SMILES string of the molecule is Cc1ccc(-c2nc3ccccc3o2)cc1NC(=O)C=Cc1ccc(-c2cccc(Cl)c2Cl)o1. The molecule has 34 heavy (non-hydrogen) atoms. The van der Waals surface area contributed by atoms with Gasteiger partial charge in [0.25, 0.3) is 0 Å². The van der Waals surface area contributed by atoms with Gasteiger partial charge in [-0.2, -0.15) is 0 Å². The van der Waals surface area contributed by atoms with Gasteiger partial charge in [-0.15, -0.1) is 0 Å². The summed E-state index contributed by atoms with van der Waals surface area (Å²) in [5.74, 6) is 1.28. The predicted octanol–water partition coefficient (Wildman–Crippen LogP) is 8.02. The number of aromatic nitrogens is 1. The fraction of sp³-hybridized carbons (Fsp3) is 0.0370. The summed E-state index contributed by atoms with van der Waals surface area (Å²) in [5.41, 5.74) is 4.53. The van der Waals surface area contributed by atoms with Crippen molar-refractivity contribution < 1.29 is 13.6 Å². The number of amides is 1. The molecule has 3 aromatic carbocycles. The minimum Gasteiger partial charge on any atom is -0.457 e. The molecule has 1 amide bonds. The summed E-state index contributed by atoms with van der Waals surface area (Å²) < 4.78 is 11.7. The Morgan fingerprint density at radius 2 is 1.82 bits per heavy atom. The van der Waals surface area contributed by atoms with Crippen LogP contribution >= 0.6 is 23.2 Å². The molecule has 5 rings (SSSR count). The van der Waals surface area contributed by atoms with Crippen LogP contribution in [-0.2, 0) is 4.79 Å². The number of hydrogen-bond acceptors (Lipinski definition) is 4. The first-order chi connectivity index (χ1) is 16.5. The average Bonchev–Trinajstić information content (AvgIpc) is 3.48. The third-order valence-corrected chi connectivity index (χ3v) is 6.10. The van der Waals surface area contributed by atoms with Crippen LogP contribution < -0.4 is 5.32 Å². The Hall–Kier alpha value is -3.80. The van der Waals surface area contributed by atoms with Gasteiger partial charge in [-0.1, -0.05) is 47.5 Å². The van der Waals surface area contributed by atoms with Crippen molar-refractivity contribution in [2.75, 3.05) is 5.32 Å². The number of halogens is 2. The molecular weight excluding hydrogens is 471 g/mol. The summed E-state index contributed by atoms with van der Waals surface area (Å²) >= 11 is 12.3. The van der Waals surface area contributed by atoms with Gasteiger partial charge in [0.2, 0.25) is 11.8 Å². The molecule has 7 heteroatoms. The number of carbonyl (C=O) groups excluding carboxylic acids is 1. The lowest BCUT2D eigenvalue weighted by Crippen LogP contribution is -2.09. The molecular formula is C27H18Cl2N2O3. The zero-order chi connectivity index (χ0) is 23.7. The topological polar surface area (TPSA) is 68.3 Å². The molecule has 0 bridgehead atoms. The zero-order valence-corrected chi connectivity index (χ0v) is 19.5. The van der Waals surface area contributed by atoms with Crippen LogP contribution in [0.1, 0.15) is 11.3 Å². The Bertz CT molecular complexity index is 1520. The van der Waals surface area contributed by atoms with E-state index in [-0.39, 0.29) is 5.91 Å². The first-order valence-corrected chi connectivity index (χ1v) is 11.2. The van der Waals surface area contributed by atoms with Crippen molar-refractivity contribution in [3.8, 4) is 22.8 Å². The van der Waals surface area contributed by atoms with E-state index in [4.69, 9.17) is 32.0 Å². The van der Waals surface area contributed by atoms with E-state index in [2.05, 4.69) is 10.3 Å². The van der Waals surface area contributed by atoms with Gasteiger partial charge in [-0.25, -0.2) is 4.98 Å². The summed E-state index contributed by atoms with van der Waals surface area (Å²) in [4.78, 5) is 17.1. The van der Waals surface area contributed by atoms with Crippen LogP contribution in [-0.4, -0.2) is 10.9 Å². The Labute approximate surface area is 205 Å². The second kappa shape index (κ2) is 9.21. The summed E-state index contributed by atoms with van der Waals surface area (Å²) in [6.45, 7) is 1.92. The highest BCUT2D eigenvalue weighted by molar-refractivity contribution is 6.43. The van der Waals surface area contributed by atoms with E-state index in [1.807, 2.05) is 55.5 Å². The predicted molar refractivity (Wildman–Crippen MR) is 136 cm³/mol. The van der Waals surface area contributed by atoms with Gasteiger partial charge in [0, 0.05) is 22.9 Å². The average molecular weight is 489 g/mol. The van der Waals surface area contributed by atoms with Crippen molar-refractivity contribution in [3.63, 3.8) is 0 Å². The number of hydrogen-bond donors (Lipinski definition) is 1. The number of furan rings is 1. The largest absolute Gasteiger partial charge is 0.457 e. The fourth-order valence-corrected chi connectivity index (χ4v) is 3.89. The molecule has 0 spiro atoms. The highest BCUT2D eigenvalue weighted by atomic mass is 35.5. The molecule has 5 nitrogen and oxygen atoms in total. The highest BCUT2D eigenvalue weighted by Gasteiger charge is 2.12. The normalized spacial score (nSPS) is 11.4. The minimum absolute atomic E-state index is 0.295. The fourth-order valence-electron chi connectivity index (χ4n) is 3.50. The van der Waals surface area contributed by atoms with Crippen molar-refractivity contribution >= 4 is 52.0 Å². The minimum atomic E-state index is -0.295. The maximum Gasteiger partial charge on any atom is 0.248 e. The molecule has 0 saturated carbocycles. The van der Waals surface area contributed by atoms with Crippen molar-refractivity contribution in [1.29, 1.82) is 0 Å². The molecule has 0 aliphatic rings. The summed E-state index contributed by atoms with van der Waals surface area (Å²) in [7, 11) is 0. The van der Waals surface area contributed by atoms with Gasteiger partial charge >= 0.3 is 0 Å². The van der Waals surface area contributed by atoms with E-state index >= 15 is 0 Å². The monoisotopic (exact) mass is 488 g/mol. The lowest BCUT2D eigenvalue weighted by atomic mass is 10.1. The number of fused-ring (bicyclic) bond motifs is 1. The van der Waals surface area contributed by atoms with Crippen LogP contribution in [0.25, 0.3) is 40.0 Å². The van der Waals surface area contributed by atoms with E-state index in [0.29, 0.717) is 44.3 Å². The van der Waals surface area contributed by atoms with Crippen molar-refractivity contribution in [2.24, 2.45) is 0 Å². The summed E-state index contributed by atoms with van der Waals surface area (Å²) in [6, 6.07) is 22.1. The molecule has 0 fully saturated rings. The lowest BCUT2D eigenvalue weighted by Gasteiger charge is -2.08. The molecule has 168 valence electrons. The van der Waals surface area contributed by atoms with Gasteiger partial charge in [0.1, 0.15) is 17.0 Å². The quantitative estimate of drug-likeness (QED) is 0.254. The number of aryl methyl sites for hydroxylation is 1. The molecule has 2 aromatic heterocycles. The maximum atomic E-state index is 12.6. The van der Waals surface area contributed by atoms with Gasteiger partial charge in [0.15, 0.2) is 5.58 Å². The third-order valence-electron chi connectivity index (χ3n) is 5.28. The molecule has 0 aliphatic heterocycles. The molecule has 0 saturated heterocycles. The van der Waals surface area contributed by atoms with Crippen LogP contribution in [0, 0.1) is 6.92 Å². The van der Waals surface area contributed by atoms with E-state index in [0.717, 1.165) is 16.6 Å². The molecule has 0 aliphatic carbocycles. The van der Waals surface area contributed by atoms with Crippen molar-refractivity contribution in [2.45, 2.75) is 6.92 Å². The van der Waals surface area contributed by atoms with Gasteiger partial charge in [-0.3, -0.25) is 4.79 Å². The summed E-state index contributed by atoms with van der Waals surface area (Å²) in [5, 5.41) is 3.77. The second-order valence-electron chi connectivity index (χ2n) is 7.64. The number of nitrogens with zero attached hydrogens (tertiary/aromatic N) is 1. The van der Waals surface area contributed by atoms with E-state index < -0.39 is 0 Å². The molecule has 0 unspecified atom stereocenters. The zero-order valence-electron chi connectivity index (χ0n) is 18.0. The Kier molecular flexibility index (Phi) is 5.97. The Morgan fingerprint density at radius 3 is 2.68 bits per heavy atom. The maximum absolute atomic E-state index is 12.6. The van der Waals surface area contributed by atoms with Crippen LogP contribution in [0.5, 0.6) is 0 Å². The highest BCUT2D eigenvalue weighted by Crippen LogP contribution is 2.34. The molecule has 0 radical (unpaired) electrons. The number of benzene rings is 3. The summed E-state index contributed by atoms with van der Waals surface area (Å²) in [6.07, 6.45) is 3.00. The molecule has 0 atom stereocenters. The number of nitrogens with one attached hydrogen (secondary N) is 1. The lowest BCUT2D eigenvalue weighted by molar-refractivity contribution is -0.111. The van der Waals surface area contributed by atoms with E-state index in [1.54, 1.807) is 30.3 Å². The van der Waals surface area contributed by atoms with Gasteiger partial charge < -0.3 is 14.2 Å². The Balaban J connectivity index is 1.32. The Morgan fingerprint density at radius 1 is 0.971 bits per heavy atom. The molecule has 1 N–H and O–H groups in total. The molecule has 5 aromatic rings. The van der Waals surface area contributed by atoms with Crippen molar-refractivity contribution in [3.05, 3.63) is 100 Å². The van der Waals surface area contributed by atoms with Gasteiger partial charge in [-0.05, 0) is 67.1 Å². The standard InChI is InChI=1S/C27H18Cl2N2O3/c1-16-9-10-17(27-31-21-7-2-3-8-24(21)34-27)15-22(16)30-25(32)14-12-18-11-13-23(33-18)19-5-4-6-20(28)26(19)29/h2-15H,1H3,(H,30,32). The first kappa shape index (κ1) is 22.0. The smallest absolute Gasteiger partial charge is 0.248 e. The third kappa shape index (κ3) is 4.49. The number of rotatable bonds is 5. The van der Waals surface area contributed by atoms with E-state index in [9.17, 15) is 4.79 Å². The first-order valence-electron chi connectivity index (χ1n) is 10.5. The number of para-hydroxylation sites is 2. The number of carbonyl (C=O) groups is 1. The van der Waals surface area contributed by atoms with Gasteiger partial charge in [0.05, 0.1) is 10.0 Å². The van der Waals surface area contributed by atoms with Crippen molar-refractivity contribution in [1.82, 2.24) is 4.98 Å². The van der Waals surface area contributed by atoms with Crippen LogP contribution in [0.3, 0.4) is 0 Å².